The highest BCUT2D eigenvalue weighted by molar-refractivity contribution is 6.13. The fraction of sp³-hybridized carbons (Fsp3) is 0. The predicted molar refractivity (Wildman–Crippen MR) is 219 cm³/mol. The standard InChI is InChI=1S/C50H31NO/c1-3-11-32(12-4-1)34-15-9-16-40(26-34)51(48-19-10-18-43-42-17-7-8-20-49(42)52-50(43)48)41-24-23-37-29-45-44-28-36-22-21-35(33-13-5-2-6-14-33)25-38(36)30-46(44)47(45)31-39(37)27-41/h1-31H. The molecule has 0 unspecified atom stereocenters. The van der Waals surface area contributed by atoms with Gasteiger partial charge in [-0.2, -0.15) is 0 Å². The molecule has 10 aromatic rings. The Balaban J connectivity index is 1.07. The summed E-state index contributed by atoms with van der Waals surface area (Å²) in [6, 6.07) is 67.9. The molecule has 0 bridgehead atoms. The van der Waals surface area contributed by atoms with E-state index in [4.69, 9.17) is 4.42 Å². The summed E-state index contributed by atoms with van der Waals surface area (Å²) in [6.45, 7) is 0. The quantitative estimate of drug-likeness (QED) is 0.182. The summed E-state index contributed by atoms with van der Waals surface area (Å²) >= 11 is 0. The fourth-order valence-corrected chi connectivity index (χ4v) is 8.15. The number of nitrogens with zero attached hydrogens (tertiary/aromatic N) is 1. The second-order valence-electron chi connectivity index (χ2n) is 13.8. The molecule has 0 spiro atoms. The molecule has 0 N–H and O–H groups in total. The molecule has 0 atom stereocenters. The Hall–Kier alpha value is -6.90. The summed E-state index contributed by atoms with van der Waals surface area (Å²) in [4.78, 5) is 2.35. The van der Waals surface area contributed by atoms with Crippen molar-refractivity contribution in [2.24, 2.45) is 0 Å². The Bertz CT molecular complexity index is 3010. The molecular weight excluding hydrogens is 631 g/mol. The van der Waals surface area contributed by atoms with Crippen molar-refractivity contribution in [2.45, 2.75) is 0 Å². The SMILES string of the molecule is c1ccc(-c2cccc(N(c3ccc4cc5c(cc4c3)-c3cc4cc(-c6ccccc6)ccc4cc3-5)c3cccc4c3oc3ccccc34)c2)cc1. The van der Waals surface area contributed by atoms with Gasteiger partial charge >= 0.3 is 0 Å². The summed E-state index contributed by atoms with van der Waals surface area (Å²) in [5.41, 5.74) is 15.0. The Labute approximate surface area is 301 Å². The van der Waals surface area contributed by atoms with Crippen molar-refractivity contribution in [3.05, 3.63) is 188 Å². The van der Waals surface area contributed by atoms with Crippen molar-refractivity contribution in [1.29, 1.82) is 0 Å². The summed E-state index contributed by atoms with van der Waals surface area (Å²) in [5, 5.41) is 7.21. The molecule has 0 fully saturated rings. The van der Waals surface area contributed by atoms with Crippen LogP contribution in [0.1, 0.15) is 0 Å². The average molecular weight is 662 g/mol. The van der Waals surface area contributed by atoms with E-state index in [1.165, 1.54) is 66.1 Å². The van der Waals surface area contributed by atoms with Crippen LogP contribution in [-0.2, 0) is 0 Å². The lowest BCUT2D eigenvalue weighted by atomic mass is 9.77. The molecule has 0 amide bonds. The molecule has 0 saturated carbocycles. The Morgan fingerprint density at radius 2 is 0.865 bits per heavy atom. The minimum atomic E-state index is 0.877. The van der Waals surface area contributed by atoms with Crippen LogP contribution in [0.4, 0.5) is 17.1 Å². The lowest BCUT2D eigenvalue weighted by Crippen LogP contribution is -2.10. The Morgan fingerprint density at radius 1 is 0.327 bits per heavy atom. The maximum absolute atomic E-state index is 6.62. The summed E-state index contributed by atoms with van der Waals surface area (Å²) in [7, 11) is 0. The highest BCUT2D eigenvalue weighted by Gasteiger charge is 2.25. The fourth-order valence-electron chi connectivity index (χ4n) is 8.15. The number of hydrogen-bond donors (Lipinski definition) is 0. The van der Waals surface area contributed by atoms with Crippen molar-refractivity contribution < 1.29 is 4.42 Å². The second-order valence-corrected chi connectivity index (χ2v) is 13.8. The maximum atomic E-state index is 6.62. The topological polar surface area (TPSA) is 16.4 Å². The number of benzene rings is 9. The average Bonchev–Trinajstić information content (AvgIpc) is 3.60. The van der Waals surface area contributed by atoms with Crippen LogP contribution >= 0.6 is 0 Å². The van der Waals surface area contributed by atoms with Crippen molar-refractivity contribution in [3.63, 3.8) is 0 Å². The van der Waals surface area contributed by atoms with Gasteiger partial charge in [-0.05, 0) is 133 Å². The van der Waals surface area contributed by atoms with Crippen LogP contribution in [0.2, 0.25) is 0 Å². The third-order valence-electron chi connectivity index (χ3n) is 10.7. The normalized spacial score (nSPS) is 11.8. The Kier molecular flexibility index (Phi) is 6.28. The molecule has 2 heteroatoms. The van der Waals surface area contributed by atoms with Gasteiger partial charge in [-0.1, -0.05) is 121 Å². The molecular formula is C50H31NO. The first kappa shape index (κ1) is 28.9. The van der Waals surface area contributed by atoms with Gasteiger partial charge in [-0.25, -0.2) is 0 Å². The third-order valence-corrected chi connectivity index (χ3v) is 10.7. The van der Waals surface area contributed by atoms with Crippen LogP contribution in [-0.4, -0.2) is 0 Å². The molecule has 9 aromatic carbocycles. The number of para-hydroxylation sites is 2. The number of furan rings is 1. The molecule has 0 saturated heterocycles. The lowest BCUT2D eigenvalue weighted by Gasteiger charge is -2.28. The van der Waals surface area contributed by atoms with Gasteiger partial charge in [0.15, 0.2) is 5.58 Å². The Morgan fingerprint density at radius 3 is 1.60 bits per heavy atom. The van der Waals surface area contributed by atoms with Crippen LogP contribution in [0.5, 0.6) is 0 Å². The monoisotopic (exact) mass is 661 g/mol. The van der Waals surface area contributed by atoms with E-state index in [-0.39, 0.29) is 0 Å². The third kappa shape index (κ3) is 4.51. The minimum Gasteiger partial charge on any atom is -0.454 e. The number of hydrogen-bond acceptors (Lipinski definition) is 2. The van der Waals surface area contributed by atoms with Crippen LogP contribution in [0.15, 0.2) is 192 Å². The first-order valence-electron chi connectivity index (χ1n) is 17.8. The number of anilines is 3. The van der Waals surface area contributed by atoms with Crippen LogP contribution < -0.4 is 4.90 Å². The van der Waals surface area contributed by atoms with Crippen LogP contribution in [0, 0.1) is 0 Å². The zero-order valence-corrected chi connectivity index (χ0v) is 28.3. The van der Waals surface area contributed by atoms with E-state index >= 15 is 0 Å². The van der Waals surface area contributed by atoms with Gasteiger partial charge in [0, 0.05) is 22.1 Å². The van der Waals surface area contributed by atoms with E-state index in [9.17, 15) is 0 Å². The van der Waals surface area contributed by atoms with Gasteiger partial charge in [0.2, 0.25) is 0 Å². The van der Waals surface area contributed by atoms with E-state index in [0.29, 0.717) is 0 Å². The summed E-state index contributed by atoms with van der Waals surface area (Å²) in [6.07, 6.45) is 0. The molecule has 1 aromatic heterocycles. The molecule has 2 nitrogen and oxygen atoms in total. The van der Waals surface area contributed by atoms with Crippen LogP contribution in [0.25, 0.3) is 88.0 Å². The van der Waals surface area contributed by atoms with Gasteiger partial charge in [0.1, 0.15) is 5.58 Å². The van der Waals surface area contributed by atoms with Gasteiger partial charge < -0.3 is 9.32 Å². The summed E-state index contributed by atoms with van der Waals surface area (Å²) < 4.78 is 6.62. The van der Waals surface area contributed by atoms with Gasteiger partial charge in [-0.3, -0.25) is 0 Å². The molecule has 0 radical (unpaired) electrons. The van der Waals surface area contributed by atoms with Gasteiger partial charge in [0.25, 0.3) is 0 Å². The smallest absolute Gasteiger partial charge is 0.159 e. The largest absolute Gasteiger partial charge is 0.454 e. The first-order chi connectivity index (χ1) is 25.7. The second kappa shape index (κ2) is 11.3. The molecule has 11 rings (SSSR count). The van der Waals surface area contributed by atoms with Gasteiger partial charge in [-0.15, -0.1) is 0 Å². The number of fused-ring (bicyclic) bond motifs is 9. The van der Waals surface area contributed by atoms with E-state index in [2.05, 4.69) is 187 Å². The lowest BCUT2D eigenvalue weighted by molar-refractivity contribution is 0.669. The van der Waals surface area contributed by atoms with Gasteiger partial charge in [0.05, 0.1) is 5.69 Å². The molecule has 1 aliphatic rings. The molecule has 0 aliphatic heterocycles. The highest BCUT2D eigenvalue weighted by Crippen LogP contribution is 2.51. The maximum Gasteiger partial charge on any atom is 0.159 e. The zero-order chi connectivity index (χ0) is 34.2. The summed E-state index contributed by atoms with van der Waals surface area (Å²) in [5.74, 6) is 0. The van der Waals surface area contributed by atoms with Crippen molar-refractivity contribution in [2.75, 3.05) is 4.90 Å². The predicted octanol–water partition coefficient (Wildman–Crippen LogP) is 14.3. The van der Waals surface area contributed by atoms with E-state index < -0.39 is 0 Å². The van der Waals surface area contributed by atoms with Crippen molar-refractivity contribution in [3.8, 4) is 44.5 Å². The minimum absolute atomic E-state index is 0.877. The van der Waals surface area contributed by atoms with Crippen molar-refractivity contribution >= 4 is 60.5 Å². The zero-order valence-electron chi connectivity index (χ0n) is 28.3. The molecule has 52 heavy (non-hydrogen) atoms. The molecule has 242 valence electrons. The first-order valence-corrected chi connectivity index (χ1v) is 17.8. The van der Waals surface area contributed by atoms with E-state index in [1.54, 1.807) is 0 Å². The molecule has 1 aliphatic carbocycles. The molecule has 1 heterocycles. The van der Waals surface area contributed by atoms with Crippen molar-refractivity contribution in [1.82, 2.24) is 0 Å². The highest BCUT2D eigenvalue weighted by atomic mass is 16.3. The number of rotatable bonds is 5. The van der Waals surface area contributed by atoms with E-state index in [1.807, 2.05) is 6.07 Å². The van der Waals surface area contributed by atoms with E-state index in [0.717, 1.165) is 39.0 Å². The van der Waals surface area contributed by atoms with Crippen LogP contribution in [0.3, 0.4) is 0 Å².